The average molecular weight is 309 g/mol. The van der Waals surface area contributed by atoms with Crippen LogP contribution in [0.5, 0.6) is 5.75 Å². The molecule has 1 atom stereocenters. The maximum atomic E-state index is 12.2. The van der Waals surface area contributed by atoms with E-state index in [1.807, 2.05) is 42.5 Å². The van der Waals surface area contributed by atoms with Crippen LogP contribution in [0.25, 0.3) is 0 Å². The molecule has 0 radical (unpaired) electrons. The summed E-state index contributed by atoms with van der Waals surface area (Å²) < 4.78 is 5.35. The van der Waals surface area contributed by atoms with Crippen LogP contribution in [0.15, 0.2) is 54.6 Å². The lowest BCUT2D eigenvalue weighted by Crippen LogP contribution is -2.27. The molecule has 1 fully saturated rings. The molecule has 1 heterocycles. The zero-order chi connectivity index (χ0) is 16.2. The van der Waals surface area contributed by atoms with Gasteiger partial charge < -0.3 is 9.64 Å². The maximum Gasteiger partial charge on any atom is 0.316 e. The van der Waals surface area contributed by atoms with E-state index in [1.165, 1.54) is 5.56 Å². The Bertz CT molecular complexity index is 694. The summed E-state index contributed by atoms with van der Waals surface area (Å²) >= 11 is 0. The predicted molar refractivity (Wildman–Crippen MR) is 88.4 cm³/mol. The SMILES string of the molecule is CCc1ccc(N2C[C@@H](C(=O)Oc3ccccc3)CC2=O)cc1. The van der Waals surface area contributed by atoms with Crippen LogP contribution in [0, 0.1) is 5.92 Å². The average Bonchev–Trinajstić information content (AvgIpc) is 2.98. The first-order valence-corrected chi connectivity index (χ1v) is 7.83. The normalized spacial score (nSPS) is 17.3. The summed E-state index contributed by atoms with van der Waals surface area (Å²) in [6, 6.07) is 16.8. The third-order valence-corrected chi connectivity index (χ3v) is 4.08. The molecular weight excluding hydrogens is 290 g/mol. The van der Waals surface area contributed by atoms with Gasteiger partial charge in [0, 0.05) is 18.7 Å². The quantitative estimate of drug-likeness (QED) is 0.643. The van der Waals surface area contributed by atoms with Crippen LogP contribution in [0.1, 0.15) is 18.9 Å². The number of hydrogen-bond donors (Lipinski definition) is 0. The van der Waals surface area contributed by atoms with E-state index >= 15 is 0 Å². The lowest BCUT2D eigenvalue weighted by molar-refractivity contribution is -0.139. The van der Waals surface area contributed by atoms with Crippen molar-refractivity contribution in [1.29, 1.82) is 0 Å². The van der Waals surface area contributed by atoms with Crippen LogP contribution in [-0.4, -0.2) is 18.4 Å². The number of aryl methyl sites for hydroxylation is 1. The molecule has 0 saturated carbocycles. The lowest BCUT2D eigenvalue weighted by atomic mass is 10.1. The first kappa shape index (κ1) is 15.3. The third-order valence-electron chi connectivity index (χ3n) is 4.08. The van der Waals surface area contributed by atoms with Crippen LogP contribution < -0.4 is 9.64 Å². The fourth-order valence-electron chi connectivity index (χ4n) is 2.71. The zero-order valence-electron chi connectivity index (χ0n) is 13.1. The van der Waals surface area contributed by atoms with Gasteiger partial charge in [-0.1, -0.05) is 37.3 Å². The molecule has 118 valence electrons. The molecule has 3 rings (SSSR count). The Kier molecular flexibility index (Phi) is 4.42. The molecular formula is C19H19NO3. The van der Waals surface area contributed by atoms with Crippen molar-refractivity contribution in [3.8, 4) is 5.75 Å². The van der Waals surface area contributed by atoms with Gasteiger partial charge >= 0.3 is 5.97 Å². The summed E-state index contributed by atoms with van der Waals surface area (Å²) in [5.74, 6) is -0.300. The number of nitrogens with zero attached hydrogens (tertiary/aromatic N) is 1. The van der Waals surface area contributed by atoms with Crippen LogP contribution in [0.2, 0.25) is 0 Å². The smallest absolute Gasteiger partial charge is 0.316 e. The number of benzene rings is 2. The molecule has 0 aromatic heterocycles. The van der Waals surface area contributed by atoms with Crippen molar-refractivity contribution in [3.05, 3.63) is 60.2 Å². The summed E-state index contributed by atoms with van der Waals surface area (Å²) in [7, 11) is 0. The standard InChI is InChI=1S/C19H19NO3/c1-2-14-8-10-16(11-9-14)20-13-15(12-18(20)21)19(22)23-17-6-4-3-5-7-17/h3-11,15H,2,12-13H2,1H3/t15-/m0/s1. The highest BCUT2D eigenvalue weighted by Crippen LogP contribution is 2.26. The van der Waals surface area contributed by atoms with Crippen LogP contribution in [-0.2, 0) is 16.0 Å². The Morgan fingerprint density at radius 1 is 1.13 bits per heavy atom. The molecule has 2 aromatic carbocycles. The largest absolute Gasteiger partial charge is 0.426 e. The van der Waals surface area contributed by atoms with E-state index in [1.54, 1.807) is 17.0 Å². The number of carbonyl (C=O) groups is 2. The molecule has 23 heavy (non-hydrogen) atoms. The van der Waals surface area contributed by atoms with Gasteiger partial charge in [0.1, 0.15) is 5.75 Å². The highest BCUT2D eigenvalue weighted by Gasteiger charge is 2.36. The maximum absolute atomic E-state index is 12.2. The Morgan fingerprint density at radius 3 is 2.48 bits per heavy atom. The topological polar surface area (TPSA) is 46.6 Å². The summed E-state index contributed by atoms with van der Waals surface area (Å²) in [6.07, 6.45) is 1.15. The van der Waals surface area contributed by atoms with Gasteiger partial charge in [-0.05, 0) is 36.2 Å². The fourth-order valence-corrected chi connectivity index (χ4v) is 2.71. The second-order valence-corrected chi connectivity index (χ2v) is 5.66. The molecule has 4 nitrogen and oxygen atoms in total. The molecule has 1 aliphatic rings. The number of amides is 1. The van der Waals surface area contributed by atoms with Gasteiger partial charge in [-0.25, -0.2) is 0 Å². The molecule has 4 heteroatoms. The number of carbonyl (C=O) groups excluding carboxylic acids is 2. The van der Waals surface area contributed by atoms with Crippen molar-refractivity contribution in [3.63, 3.8) is 0 Å². The van der Waals surface area contributed by atoms with Crippen LogP contribution >= 0.6 is 0 Å². The van der Waals surface area contributed by atoms with E-state index in [0.29, 0.717) is 12.3 Å². The molecule has 1 amide bonds. The molecule has 0 spiro atoms. The summed E-state index contributed by atoms with van der Waals surface area (Å²) in [6.45, 7) is 2.46. The Hall–Kier alpha value is -2.62. The van der Waals surface area contributed by atoms with Gasteiger partial charge in [0.2, 0.25) is 5.91 Å². The molecule has 2 aromatic rings. The van der Waals surface area contributed by atoms with E-state index in [0.717, 1.165) is 12.1 Å². The Labute approximate surface area is 135 Å². The van der Waals surface area contributed by atoms with Gasteiger partial charge in [-0.2, -0.15) is 0 Å². The monoisotopic (exact) mass is 309 g/mol. The van der Waals surface area contributed by atoms with Gasteiger partial charge in [0.15, 0.2) is 0 Å². The molecule has 1 saturated heterocycles. The van der Waals surface area contributed by atoms with E-state index in [4.69, 9.17) is 4.74 Å². The number of ether oxygens (including phenoxy) is 1. The van der Waals surface area contributed by atoms with Gasteiger partial charge in [-0.15, -0.1) is 0 Å². The Balaban J connectivity index is 1.67. The number of para-hydroxylation sites is 1. The van der Waals surface area contributed by atoms with Gasteiger partial charge in [0.25, 0.3) is 0 Å². The molecule has 0 N–H and O–H groups in total. The zero-order valence-corrected chi connectivity index (χ0v) is 13.1. The van der Waals surface area contributed by atoms with Crippen molar-refractivity contribution in [2.75, 3.05) is 11.4 Å². The van der Waals surface area contributed by atoms with E-state index < -0.39 is 5.92 Å². The summed E-state index contributed by atoms with van der Waals surface area (Å²) in [5, 5.41) is 0. The molecule has 0 unspecified atom stereocenters. The number of esters is 1. The number of rotatable bonds is 4. The van der Waals surface area contributed by atoms with Crippen LogP contribution in [0.3, 0.4) is 0 Å². The summed E-state index contributed by atoms with van der Waals surface area (Å²) in [4.78, 5) is 26.1. The predicted octanol–water partition coefficient (Wildman–Crippen LogP) is 3.21. The molecule has 1 aliphatic heterocycles. The first-order valence-electron chi connectivity index (χ1n) is 7.83. The highest BCUT2D eigenvalue weighted by molar-refractivity contribution is 5.99. The first-order chi connectivity index (χ1) is 11.2. The second kappa shape index (κ2) is 6.65. The fraction of sp³-hybridized carbons (Fsp3) is 0.263. The van der Waals surface area contributed by atoms with Crippen molar-refractivity contribution in [2.24, 2.45) is 5.92 Å². The minimum atomic E-state index is -0.423. The minimum absolute atomic E-state index is 0.0377. The summed E-state index contributed by atoms with van der Waals surface area (Å²) in [5.41, 5.74) is 2.06. The van der Waals surface area contributed by atoms with E-state index in [9.17, 15) is 9.59 Å². The van der Waals surface area contributed by atoms with Crippen LogP contribution in [0.4, 0.5) is 5.69 Å². The minimum Gasteiger partial charge on any atom is -0.426 e. The Morgan fingerprint density at radius 2 is 1.83 bits per heavy atom. The van der Waals surface area contributed by atoms with Crippen molar-refractivity contribution < 1.29 is 14.3 Å². The van der Waals surface area contributed by atoms with Gasteiger partial charge in [-0.3, -0.25) is 9.59 Å². The third kappa shape index (κ3) is 3.42. The highest BCUT2D eigenvalue weighted by atomic mass is 16.5. The molecule has 0 aliphatic carbocycles. The number of anilines is 1. The van der Waals surface area contributed by atoms with Crippen molar-refractivity contribution in [1.82, 2.24) is 0 Å². The van der Waals surface area contributed by atoms with Crippen molar-refractivity contribution >= 4 is 17.6 Å². The van der Waals surface area contributed by atoms with Gasteiger partial charge in [0.05, 0.1) is 5.92 Å². The van der Waals surface area contributed by atoms with E-state index in [-0.39, 0.29) is 18.3 Å². The second-order valence-electron chi connectivity index (χ2n) is 5.66. The van der Waals surface area contributed by atoms with Crippen molar-refractivity contribution in [2.45, 2.75) is 19.8 Å². The van der Waals surface area contributed by atoms with E-state index in [2.05, 4.69) is 6.92 Å². The number of hydrogen-bond acceptors (Lipinski definition) is 3. The lowest BCUT2D eigenvalue weighted by Gasteiger charge is -2.17. The molecule has 0 bridgehead atoms.